The fourth-order valence-electron chi connectivity index (χ4n) is 2.32. The number of carbonyl (C=O) groups is 2. The molecule has 2 aromatic heterocycles. The normalized spacial score (nSPS) is 12.2. The number of Topliss-reactive ketones (excluding diaryl/α,β-unsaturated/α-hetero) is 1. The molecule has 0 aliphatic rings. The Bertz CT molecular complexity index is 764. The zero-order valence-electron chi connectivity index (χ0n) is 11.1. The van der Waals surface area contributed by atoms with Crippen LogP contribution in [0.5, 0.6) is 0 Å². The third-order valence-electron chi connectivity index (χ3n) is 3.33. The van der Waals surface area contributed by atoms with Crippen molar-refractivity contribution in [3.63, 3.8) is 0 Å². The van der Waals surface area contributed by atoms with Crippen LogP contribution in [0.15, 0.2) is 42.0 Å². The Labute approximate surface area is 125 Å². The van der Waals surface area contributed by atoms with E-state index in [4.69, 9.17) is 0 Å². The molecule has 1 amide bonds. The molecule has 0 radical (unpaired) electrons. The summed E-state index contributed by atoms with van der Waals surface area (Å²) in [5.41, 5.74) is 2.01. The summed E-state index contributed by atoms with van der Waals surface area (Å²) in [6, 6.07) is 7.26. The van der Waals surface area contributed by atoms with Crippen molar-refractivity contribution in [1.82, 2.24) is 15.3 Å². The number of hydrogen-bond donors (Lipinski definition) is 2. The van der Waals surface area contributed by atoms with Crippen LogP contribution in [0.3, 0.4) is 0 Å². The van der Waals surface area contributed by atoms with Crippen LogP contribution in [0.2, 0.25) is 0 Å². The van der Waals surface area contributed by atoms with Crippen LogP contribution < -0.4 is 5.32 Å². The molecule has 6 heteroatoms. The van der Waals surface area contributed by atoms with Gasteiger partial charge >= 0.3 is 0 Å². The fourth-order valence-corrected chi connectivity index (χ4v) is 2.95. The molecule has 1 atom stereocenters. The van der Waals surface area contributed by atoms with Crippen molar-refractivity contribution < 1.29 is 9.59 Å². The third kappa shape index (κ3) is 2.71. The number of benzene rings is 1. The van der Waals surface area contributed by atoms with Gasteiger partial charge in [-0.2, -0.15) is 0 Å². The lowest BCUT2D eigenvalue weighted by Crippen LogP contribution is -2.37. The minimum absolute atomic E-state index is 0.164. The van der Waals surface area contributed by atoms with Crippen LogP contribution in [-0.4, -0.2) is 28.2 Å². The zero-order valence-corrected chi connectivity index (χ0v) is 11.9. The number of carbonyl (C=O) groups excluding carboxylic acids is 2. The molecule has 0 saturated carbocycles. The average molecular weight is 299 g/mol. The molecule has 5 nitrogen and oxygen atoms in total. The van der Waals surface area contributed by atoms with E-state index in [0.717, 1.165) is 16.5 Å². The van der Waals surface area contributed by atoms with E-state index in [0.29, 0.717) is 17.8 Å². The van der Waals surface area contributed by atoms with Gasteiger partial charge in [-0.25, -0.2) is 4.98 Å². The predicted octanol–water partition coefficient (Wildman–Crippen LogP) is 2.16. The van der Waals surface area contributed by atoms with Crippen LogP contribution in [0.25, 0.3) is 10.9 Å². The summed E-state index contributed by atoms with van der Waals surface area (Å²) < 4.78 is 0. The first-order chi connectivity index (χ1) is 10.3. The van der Waals surface area contributed by atoms with Crippen LogP contribution in [0.1, 0.15) is 15.4 Å². The maximum atomic E-state index is 12.4. The van der Waals surface area contributed by atoms with Gasteiger partial charge in [-0.15, -0.1) is 11.3 Å². The Morgan fingerprint density at radius 3 is 3.05 bits per heavy atom. The SMILES string of the molecule is O=CNC(Cc1c[nH]c2ccccc12)C(=O)c1nccs1. The van der Waals surface area contributed by atoms with Gasteiger partial charge in [0, 0.05) is 35.1 Å². The summed E-state index contributed by atoms with van der Waals surface area (Å²) in [6.45, 7) is 0. The number of rotatable bonds is 6. The Hall–Kier alpha value is -2.47. The van der Waals surface area contributed by atoms with Gasteiger partial charge in [0.25, 0.3) is 0 Å². The number of nitrogens with one attached hydrogen (secondary N) is 2. The van der Waals surface area contributed by atoms with E-state index < -0.39 is 6.04 Å². The second-order valence-electron chi connectivity index (χ2n) is 4.60. The molecule has 3 aromatic rings. The Morgan fingerprint density at radius 2 is 2.29 bits per heavy atom. The van der Waals surface area contributed by atoms with Crippen LogP contribution >= 0.6 is 11.3 Å². The van der Waals surface area contributed by atoms with E-state index in [-0.39, 0.29) is 5.78 Å². The Morgan fingerprint density at radius 1 is 1.43 bits per heavy atom. The smallest absolute Gasteiger partial charge is 0.213 e. The lowest BCUT2D eigenvalue weighted by atomic mass is 10.0. The van der Waals surface area contributed by atoms with E-state index in [2.05, 4.69) is 15.3 Å². The largest absolute Gasteiger partial charge is 0.361 e. The molecule has 106 valence electrons. The number of nitrogens with zero attached hydrogens (tertiary/aromatic N) is 1. The van der Waals surface area contributed by atoms with Crippen molar-refractivity contribution in [2.75, 3.05) is 0 Å². The molecule has 1 unspecified atom stereocenters. The van der Waals surface area contributed by atoms with Gasteiger partial charge in [0.05, 0.1) is 6.04 Å². The second kappa shape index (κ2) is 5.88. The second-order valence-corrected chi connectivity index (χ2v) is 5.50. The van der Waals surface area contributed by atoms with Crippen LogP contribution in [-0.2, 0) is 11.2 Å². The fraction of sp³-hybridized carbons (Fsp3) is 0.133. The standard InChI is InChI=1S/C15H13N3O2S/c19-9-18-13(14(20)15-16-5-6-21-15)7-10-8-17-12-4-2-1-3-11(10)12/h1-6,8-9,13,17H,7H2,(H,18,19). The number of fused-ring (bicyclic) bond motifs is 1. The molecule has 1 aromatic carbocycles. The molecule has 2 N–H and O–H groups in total. The Kier molecular flexibility index (Phi) is 3.79. The quantitative estimate of drug-likeness (QED) is 0.541. The number of para-hydroxylation sites is 1. The number of hydrogen-bond acceptors (Lipinski definition) is 4. The first-order valence-corrected chi connectivity index (χ1v) is 7.36. The zero-order chi connectivity index (χ0) is 14.7. The van der Waals surface area contributed by atoms with Gasteiger partial charge in [0.2, 0.25) is 12.2 Å². The number of aromatic nitrogens is 2. The molecule has 0 saturated heterocycles. The first kappa shape index (κ1) is 13.5. The van der Waals surface area contributed by atoms with Gasteiger partial charge in [-0.3, -0.25) is 9.59 Å². The summed E-state index contributed by atoms with van der Waals surface area (Å²) in [6.07, 6.45) is 4.45. The van der Waals surface area contributed by atoms with Gasteiger partial charge in [0.1, 0.15) is 0 Å². The Balaban J connectivity index is 1.88. The maximum absolute atomic E-state index is 12.4. The first-order valence-electron chi connectivity index (χ1n) is 6.48. The van der Waals surface area contributed by atoms with Gasteiger partial charge in [-0.05, 0) is 11.6 Å². The topological polar surface area (TPSA) is 74.8 Å². The highest BCUT2D eigenvalue weighted by Crippen LogP contribution is 2.20. The van der Waals surface area contributed by atoms with Crippen molar-refractivity contribution in [1.29, 1.82) is 0 Å². The van der Waals surface area contributed by atoms with Crippen LogP contribution in [0.4, 0.5) is 0 Å². The van der Waals surface area contributed by atoms with Gasteiger partial charge in [-0.1, -0.05) is 18.2 Å². The van der Waals surface area contributed by atoms with Crippen molar-refractivity contribution in [2.45, 2.75) is 12.5 Å². The van der Waals surface area contributed by atoms with Crippen molar-refractivity contribution in [3.05, 3.63) is 52.6 Å². The van der Waals surface area contributed by atoms with E-state index in [1.807, 2.05) is 30.5 Å². The van der Waals surface area contributed by atoms with Crippen LogP contribution in [0, 0.1) is 0 Å². The summed E-state index contributed by atoms with van der Waals surface area (Å²) >= 11 is 1.28. The summed E-state index contributed by atoms with van der Waals surface area (Å²) in [4.78, 5) is 30.4. The van der Waals surface area contributed by atoms with Crippen molar-refractivity contribution in [2.24, 2.45) is 0 Å². The molecule has 0 spiro atoms. The van der Waals surface area contributed by atoms with Crippen molar-refractivity contribution in [3.8, 4) is 0 Å². The number of ketones is 1. The molecule has 0 aliphatic carbocycles. The number of amides is 1. The van der Waals surface area contributed by atoms with E-state index in [9.17, 15) is 9.59 Å². The molecule has 21 heavy (non-hydrogen) atoms. The average Bonchev–Trinajstić information content (AvgIpc) is 3.16. The molecule has 2 heterocycles. The summed E-state index contributed by atoms with van der Waals surface area (Å²) in [7, 11) is 0. The predicted molar refractivity (Wildman–Crippen MR) is 81.4 cm³/mol. The summed E-state index contributed by atoms with van der Waals surface area (Å²) in [5, 5.41) is 5.81. The minimum atomic E-state index is -0.604. The lowest BCUT2D eigenvalue weighted by molar-refractivity contribution is -0.109. The van der Waals surface area contributed by atoms with Gasteiger partial charge < -0.3 is 10.3 Å². The van der Waals surface area contributed by atoms with E-state index in [1.54, 1.807) is 11.6 Å². The molecule has 0 fully saturated rings. The molecule has 0 bridgehead atoms. The molecule has 0 aliphatic heterocycles. The molecule has 3 rings (SSSR count). The van der Waals surface area contributed by atoms with E-state index >= 15 is 0 Å². The highest BCUT2D eigenvalue weighted by Gasteiger charge is 2.23. The lowest BCUT2D eigenvalue weighted by Gasteiger charge is -2.13. The highest BCUT2D eigenvalue weighted by molar-refractivity contribution is 7.11. The minimum Gasteiger partial charge on any atom is -0.361 e. The highest BCUT2D eigenvalue weighted by atomic mass is 32.1. The summed E-state index contributed by atoms with van der Waals surface area (Å²) in [5.74, 6) is -0.164. The molecular weight excluding hydrogens is 286 g/mol. The number of thiazole rings is 1. The number of H-pyrrole nitrogens is 1. The van der Waals surface area contributed by atoms with E-state index in [1.165, 1.54) is 11.3 Å². The maximum Gasteiger partial charge on any atom is 0.213 e. The third-order valence-corrected chi connectivity index (χ3v) is 4.12. The monoisotopic (exact) mass is 299 g/mol. The van der Waals surface area contributed by atoms with Crippen molar-refractivity contribution >= 4 is 34.4 Å². The molecular formula is C15H13N3O2S. The van der Waals surface area contributed by atoms with Gasteiger partial charge in [0.15, 0.2) is 5.01 Å². The number of aromatic amines is 1.